The molecule has 0 aliphatic carbocycles. The van der Waals surface area contributed by atoms with Crippen LogP contribution < -0.4 is 5.69 Å². The smallest absolute Gasteiger partial charge is 0.368 e. The van der Waals surface area contributed by atoms with Gasteiger partial charge in [-0.3, -0.25) is 0 Å². The van der Waals surface area contributed by atoms with Gasteiger partial charge in [0.1, 0.15) is 0 Å². The number of hydrogen-bond donors (Lipinski definition) is 1. The van der Waals surface area contributed by atoms with E-state index in [2.05, 4.69) is 10.4 Å². The molecule has 15 heavy (non-hydrogen) atoms. The molecule has 0 fully saturated rings. The van der Waals surface area contributed by atoms with Crippen LogP contribution in [0, 0.1) is 0 Å². The number of aliphatic hydroxyl groups excluding tert-OH is 1. The Morgan fingerprint density at radius 2 is 1.93 bits per heavy atom. The van der Waals surface area contributed by atoms with Gasteiger partial charge in [-0.1, -0.05) is 18.2 Å². The Morgan fingerprint density at radius 3 is 2.60 bits per heavy atom. The standard InChI is InChI=1S/C9H10N4O2/c14-7-6-12-9(15)13(11-10-12)8-4-2-1-3-5-8/h1-5,14H,6-7H2. The van der Waals surface area contributed by atoms with Gasteiger partial charge in [-0.2, -0.15) is 9.36 Å². The third-order valence-corrected chi connectivity index (χ3v) is 1.95. The van der Waals surface area contributed by atoms with Crippen molar-refractivity contribution in [2.24, 2.45) is 0 Å². The third-order valence-electron chi connectivity index (χ3n) is 1.95. The fourth-order valence-corrected chi connectivity index (χ4v) is 1.24. The average molecular weight is 206 g/mol. The molecular weight excluding hydrogens is 196 g/mol. The number of para-hydroxylation sites is 1. The molecule has 0 atom stereocenters. The molecule has 1 heterocycles. The zero-order valence-electron chi connectivity index (χ0n) is 7.95. The van der Waals surface area contributed by atoms with Crippen molar-refractivity contribution in [3.63, 3.8) is 0 Å². The second-order valence-corrected chi connectivity index (χ2v) is 2.96. The van der Waals surface area contributed by atoms with E-state index in [0.29, 0.717) is 5.69 Å². The van der Waals surface area contributed by atoms with Gasteiger partial charge in [-0.05, 0) is 22.6 Å². The first kappa shape index (κ1) is 9.60. The summed E-state index contributed by atoms with van der Waals surface area (Å²) >= 11 is 0. The summed E-state index contributed by atoms with van der Waals surface area (Å²) in [5.74, 6) is 0. The maximum absolute atomic E-state index is 11.6. The molecule has 2 aromatic rings. The van der Waals surface area contributed by atoms with Crippen LogP contribution in [-0.4, -0.2) is 31.5 Å². The molecule has 6 nitrogen and oxygen atoms in total. The van der Waals surface area contributed by atoms with Crippen LogP contribution in [0.1, 0.15) is 0 Å². The predicted octanol–water partition coefficient (Wildman–Crippen LogP) is -0.579. The Labute approximate surface area is 85.4 Å². The fourth-order valence-electron chi connectivity index (χ4n) is 1.24. The summed E-state index contributed by atoms with van der Waals surface area (Å²) < 4.78 is 2.31. The van der Waals surface area contributed by atoms with E-state index < -0.39 is 0 Å². The highest BCUT2D eigenvalue weighted by Gasteiger charge is 2.06. The number of aliphatic hydroxyl groups is 1. The van der Waals surface area contributed by atoms with Crippen molar-refractivity contribution in [1.29, 1.82) is 0 Å². The minimum absolute atomic E-state index is 0.132. The normalized spacial score (nSPS) is 10.5. The Kier molecular flexibility index (Phi) is 2.59. The first-order valence-corrected chi connectivity index (χ1v) is 4.52. The molecule has 2 rings (SSSR count). The second kappa shape index (κ2) is 4.05. The van der Waals surface area contributed by atoms with Gasteiger partial charge in [0.2, 0.25) is 0 Å². The molecule has 1 N–H and O–H groups in total. The molecule has 0 spiro atoms. The molecule has 1 aromatic carbocycles. The fraction of sp³-hybridized carbons (Fsp3) is 0.222. The van der Waals surface area contributed by atoms with Gasteiger partial charge in [0.25, 0.3) is 0 Å². The summed E-state index contributed by atoms with van der Waals surface area (Å²) in [4.78, 5) is 11.6. The molecule has 0 saturated carbocycles. The zero-order chi connectivity index (χ0) is 10.7. The van der Waals surface area contributed by atoms with Crippen molar-refractivity contribution in [1.82, 2.24) is 19.8 Å². The van der Waals surface area contributed by atoms with Crippen molar-refractivity contribution >= 4 is 0 Å². The number of hydrogen-bond acceptors (Lipinski definition) is 4. The lowest BCUT2D eigenvalue weighted by atomic mass is 10.3. The first-order valence-electron chi connectivity index (χ1n) is 4.52. The van der Waals surface area contributed by atoms with Crippen LogP contribution in [0.15, 0.2) is 35.1 Å². The molecule has 0 aliphatic rings. The van der Waals surface area contributed by atoms with Gasteiger partial charge in [0.15, 0.2) is 0 Å². The maximum atomic E-state index is 11.6. The lowest BCUT2D eigenvalue weighted by Crippen LogP contribution is -2.25. The summed E-state index contributed by atoms with van der Waals surface area (Å²) in [5.41, 5.74) is 0.307. The summed E-state index contributed by atoms with van der Waals surface area (Å²) in [5, 5.41) is 16.0. The number of rotatable bonds is 3. The van der Waals surface area contributed by atoms with E-state index in [4.69, 9.17) is 5.11 Å². The van der Waals surface area contributed by atoms with Crippen LogP contribution in [0.5, 0.6) is 0 Å². The summed E-state index contributed by atoms with van der Waals surface area (Å²) in [6.45, 7) is 0.0268. The minimum atomic E-state index is -0.352. The Morgan fingerprint density at radius 1 is 1.20 bits per heavy atom. The number of benzene rings is 1. The van der Waals surface area contributed by atoms with Gasteiger partial charge >= 0.3 is 5.69 Å². The van der Waals surface area contributed by atoms with Crippen molar-refractivity contribution in [3.8, 4) is 5.69 Å². The van der Waals surface area contributed by atoms with Gasteiger partial charge < -0.3 is 5.11 Å². The molecule has 0 radical (unpaired) electrons. The first-order chi connectivity index (χ1) is 7.33. The molecule has 0 saturated heterocycles. The van der Waals surface area contributed by atoms with E-state index in [0.717, 1.165) is 4.68 Å². The monoisotopic (exact) mass is 206 g/mol. The van der Waals surface area contributed by atoms with Crippen LogP contribution in [0.25, 0.3) is 5.69 Å². The topological polar surface area (TPSA) is 72.9 Å². The third kappa shape index (κ3) is 1.79. The zero-order valence-corrected chi connectivity index (χ0v) is 7.95. The molecular formula is C9H10N4O2. The molecule has 0 unspecified atom stereocenters. The van der Waals surface area contributed by atoms with E-state index >= 15 is 0 Å². The van der Waals surface area contributed by atoms with Crippen LogP contribution >= 0.6 is 0 Å². The van der Waals surface area contributed by atoms with Gasteiger partial charge in [0, 0.05) is 0 Å². The van der Waals surface area contributed by atoms with Crippen molar-refractivity contribution in [3.05, 3.63) is 40.8 Å². The van der Waals surface area contributed by atoms with Crippen molar-refractivity contribution in [2.75, 3.05) is 6.61 Å². The quantitative estimate of drug-likeness (QED) is 0.729. The molecule has 6 heteroatoms. The van der Waals surface area contributed by atoms with Gasteiger partial charge in [-0.25, -0.2) is 4.79 Å². The van der Waals surface area contributed by atoms with E-state index in [1.807, 2.05) is 18.2 Å². The number of aromatic nitrogens is 4. The van der Waals surface area contributed by atoms with Gasteiger partial charge in [-0.15, -0.1) is 0 Å². The molecule has 1 aromatic heterocycles. The van der Waals surface area contributed by atoms with E-state index in [9.17, 15) is 4.79 Å². The number of nitrogens with zero attached hydrogens (tertiary/aromatic N) is 4. The lowest BCUT2D eigenvalue weighted by molar-refractivity contribution is 0.266. The van der Waals surface area contributed by atoms with Crippen molar-refractivity contribution < 1.29 is 5.11 Å². The Balaban J connectivity index is 2.43. The summed E-state index contributed by atoms with van der Waals surface area (Å²) in [6.07, 6.45) is 0. The largest absolute Gasteiger partial charge is 0.394 e. The Bertz CT molecular complexity index is 488. The number of tetrazole rings is 1. The SMILES string of the molecule is O=c1n(CCO)nnn1-c1ccccc1. The van der Waals surface area contributed by atoms with Crippen LogP contribution in [0.3, 0.4) is 0 Å². The van der Waals surface area contributed by atoms with E-state index in [1.54, 1.807) is 12.1 Å². The molecule has 0 amide bonds. The van der Waals surface area contributed by atoms with Crippen LogP contribution in [0.2, 0.25) is 0 Å². The highest BCUT2D eigenvalue weighted by molar-refractivity contribution is 5.28. The highest BCUT2D eigenvalue weighted by Crippen LogP contribution is 2.00. The van der Waals surface area contributed by atoms with Gasteiger partial charge in [0.05, 0.1) is 18.8 Å². The predicted molar refractivity (Wildman–Crippen MR) is 52.7 cm³/mol. The summed E-state index contributed by atoms with van der Waals surface area (Å²) in [7, 11) is 0. The van der Waals surface area contributed by atoms with Crippen LogP contribution in [-0.2, 0) is 6.54 Å². The van der Waals surface area contributed by atoms with Crippen molar-refractivity contribution in [2.45, 2.75) is 6.54 Å². The lowest BCUT2D eigenvalue weighted by Gasteiger charge is -1.95. The van der Waals surface area contributed by atoms with E-state index in [-0.39, 0.29) is 18.8 Å². The average Bonchev–Trinajstić information content (AvgIpc) is 2.63. The summed E-state index contributed by atoms with van der Waals surface area (Å²) in [6, 6.07) is 9.01. The van der Waals surface area contributed by atoms with Crippen LogP contribution in [0.4, 0.5) is 0 Å². The Hall–Kier alpha value is -1.95. The van der Waals surface area contributed by atoms with E-state index in [1.165, 1.54) is 4.68 Å². The second-order valence-electron chi connectivity index (χ2n) is 2.96. The maximum Gasteiger partial charge on any atom is 0.368 e. The molecule has 0 bridgehead atoms. The molecule has 0 aliphatic heterocycles. The highest BCUT2D eigenvalue weighted by atomic mass is 16.3. The minimum Gasteiger partial charge on any atom is -0.394 e. The molecule has 78 valence electrons.